The molecule has 0 aromatic heterocycles. The lowest BCUT2D eigenvalue weighted by atomic mass is 10.3. The number of rotatable bonds is 3. The number of nitrogens with two attached hydrogens (primary N) is 1. The predicted octanol–water partition coefficient (Wildman–Crippen LogP) is 0.259. The van der Waals surface area contributed by atoms with E-state index in [0.717, 1.165) is 0 Å². The molecule has 1 rings (SSSR count). The van der Waals surface area contributed by atoms with Crippen molar-refractivity contribution in [2.45, 2.75) is 25.5 Å². The number of amidine groups is 1. The van der Waals surface area contributed by atoms with Gasteiger partial charge in [-0.1, -0.05) is 11.6 Å². The Hall–Kier alpha value is -1.01. The van der Waals surface area contributed by atoms with Gasteiger partial charge in [0.2, 0.25) is 22.8 Å². The second kappa shape index (κ2) is 5.36. The van der Waals surface area contributed by atoms with Crippen molar-refractivity contribution in [1.82, 2.24) is 10.2 Å². The van der Waals surface area contributed by atoms with Crippen LogP contribution in [0.5, 0.6) is 0 Å². The van der Waals surface area contributed by atoms with Crippen LogP contribution in [-0.4, -0.2) is 40.3 Å². The summed E-state index contributed by atoms with van der Waals surface area (Å²) in [5, 5.41) is 2.87. The molecule has 0 aromatic carbocycles. The van der Waals surface area contributed by atoms with Crippen LogP contribution in [0.15, 0.2) is 9.98 Å². The van der Waals surface area contributed by atoms with E-state index in [2.05, 4.69) is 15.3 Å². The number of nitrogens with one attached hydrogen (secondary N) is 1. The van der Waals surface area contributed by atoms with Crippen LogP contribution in [0.1, 0.15) is 13.8 Å². The third-order valence-corrected chi connectivity index (χ3v) is 2.54. The molecule has 0 aromatic rings. The van der Waals surface area contributed by atoms with Crippen molar-refractivity contribution < 1.29 is 4.79 Å². The fraction of sp³-hybridized carbons (Fsp3) is 0.625. The third kappa shape index (κ3) is 2.99. The Morgan fingerprint density at radius 3 is 2.75 bits per heavy atom. The second-order valence-electron chi connectivity index (χ2n) is 3.17. The predicted molar refractivity (Wildman–Crippen MR) is 64.5 cm³/mol. The number of carbonyl (C=O) groups is 1. The topological polar surface area (TPSA) is 83.1 Å². The molecule has 1 heterocycles. The van der Waals surface area contributed by atoms with Gasteiger partial charge in [0.05, 0.1) is 0 Å². The molecule has 0 radical (unpaired) electrons. The highest BCUT2D eigenvalue weighted by Gasteiger charge is 2.24. The van der Waals surface area contributed by atoms with Crippen molar-refractivity contribution >= 4 is 40.4 Å². The maximum absolute atomic E-state index is 11.1. The molecule has 0 bridgehead atoms. The quantitative estimate of drug-likeness (QED) is 0.567. The van der Waals surface area contributed by atoms with Crippen molar-refractivity contribution in [3.63, 3.8) is 0 Å². The lowest BCUT2D eigenvalue weighted by Crippen LogP contribution is -2.53. The number of aliphatic imine (C=N–C) groups is 2. The number of guanidine groups is 1. The van der Waals surface area contributed by atoms with Gasteiger partial charge < -0.3 is 16.0 Å². The highest BCUT2D eigenvalue weighted by atomic mass is 35.5. The van der Waals surface area contributed by atoms with Gasteiger partial charge in [0.1, 0.15) is 6.04 Å². The van der Waals surface area contributed by atoms with E-state index >= 15 is 0 Å². The van der Waals surface area contributed by atoms with Crippen LogP contribution in [0.4, 0.5) is 0 Å². The van der Waals surface area contributed by atoms with Crippen LogP contribution in [0, 0.1) is 0 Å². The molecule has 6 nitrogen and oxygen atoms in total. The van der Waals surface area contributed by atoms with Crippen molar-refractivity contribution in [1.29, 1.82) is 0 Å². The molecule has 0 saturated heterocycles. The van der Waals surface area contributed by atoms with E-state index in [0.29, 0.717) is 12.5 Å². The van der Waals surface area contributed by atoms with Gasteiger partial charge in [0.25, 0.3) is 0 Å². The smallest absolute Gasteiger partial charge is 0.239 e. The number of alkyl halides is 1. The Bertz CT molecular complexity index is 343. The van der Waals surface area contributed by atoms with Gasteiger partial charge in [0.15, 0.2) is 0 Å². The first-order valence-electron chi connectivity index (χ1n) is 4.73. The van der Waals surface area contributed by atoms with Gasteiger partial charge in [0, 0.05) is 6.54 Å². The van der Waals surface area contributed by atoms with Gasteiger partial charge in [-0.2, -0.15) is 0 Å². The number of primary amides is 1. The van der Waals surface area contributed by atoms with Crippen molar-refractivity contribution in [2.75, 3.05) is 6.54 Å². The van der Waals surface area contributed by atoms with E-state index in [1.165, 1.54) is 0 Å². The van der Waals surface area contributed by atoms with Crippen LogP contribution >= 0.6 is 23.2 Å². The number of halogens is 2. The molecule has 1 amide bonds. The summed E-state index contributed by atoms with van der Waals surface area (Å²) in [6.45, 7) is 4.09. The molecular formula is C8H13Cl2N5O. The summed E-state index contributed by atoms with van der Waals surface area (Å²) < 4.78 is 0. The number of nitrogens with zero attached hydrogens (tertiary/aromatic N) is 3. The summed E-state index contributed by atoms with van der Waals surface area (Å²) in [6.07, 6.45) is 0. The van der Waals surface area contributed by atoms with Gasteiger partial charge >= 0.3 is 0 Å². The van der Waals surface area contributed by atoms with Gasteiger partial charge in [-0.15, -0.1) is 0 Å². The lowest BCUT2D eigenvalue weighted by molar-refractivity contribution is -0.121. The van der Waals surface area contributed by atoms with Crippen LogP contribution < -0.4 is 11.1 Å². The van der Waals surface area contributed by atoms with Crippen molar-refractivity contribution in [3.8, 4) is 0 Å². The summed E-state index contributed by atoms with van der Waals surface area (Å²) in [5.41, 5.74) is 4.45. The van der Waals surface area contributed by atoms with Crippen LogP contribution in [0.2, 0.25) is 0 Å². The Morgan fingerprint density at radius 1 is 1.69 bits per heavy atom. The van der Waals surface area contributed by atoms with Gasteiger partial charge in [-0.3, -0.25) is 4.79 Å². The van der Waals surface area contributed by atoms with Crippen LogP contribution in [0.25, 0.3) is 0 Å². The highest BCUT2D eigenvalue weighted by Crippen LogP contribution is 2.10. The molecule has 16 heavy (non-hydrogen) atoms. The molecule has 1 unspecified atom stereocenters. The molecule has 0 spiro atoms. The standard InChI is InChI=1S/C8H13Cl2N5O/c1-3-15(4(2)5(11)16)8-13-6(9)12-7(10)14-8/h4,6H,3H2,1-2H3,(H2,11,16)(H,12,13,14)/t4-,6?/m1/s1. The summed E-state index contributed by atoms with van der Waals surface area (Å²) in [6, 6.07) is -0.498. The van der Waals surface area contributed by atoms with E-state index in [1.807, 2.05) is 6.92 Å². The largest absolute Gasteiger partial charge is 0.368 e. The Balaban J connectivity index is 2.86. The summed E-state index contributed by atoms with van der Waals surface area (Å²) >= 11 is 11.5. The molecule has 3 N–H and O–H groups in total. The minimum absolute atomic E-state index is 0.139. The first-order chi connectivity index (χ1) is 7.45. The maximum Gasteiger partial charge on any atom is 0.239 e. The Labute approximate surface area is 103 Å². The SMILES string of the molecule is CCN(C1=NC(Cl)N=C(Cl)N1)[C@H](C)C(N)=O. The molecule has 0 fully saturated rings. The first-order valence-corrected chi connectivity index (χ1v) is 5.55. The monoisotopic (exact) mass is 265 g/mol. The minimum atomic E-state index is -0.780. The second-order valence-corrected chi connectivity index (χ2v) is 3.92. The molecular weight excluding hydrogens is 253 g/mol. The van der Waals surface area contributed by atoms with Crippen molar-refractivity contribution in [2.24, 2.45) is 15.7 Å². The zero-order valence-corrected chi connectivity index (χ0v) is 10.5. The van der Waals surface area contributed by atoms with E-state index < -0.39 is 17.6 Å². The lowest BCUT2D eigenvalue weighted by Gasteiger charge is -2.30. The van der Waals surface area contributed by atoms with Gasteiger partial charge in [-0.25, -0.2) is 9.98 Å². The highest BCUT2D eigenvalue weighted by molar-refractivity contribution is 6.66. The molecule has 90 valence electrons. The fourth-order valence-corrected chi connectivity index (χ4v) is 1.70. The Morgan fingerprint density at radius 2 is 2.31 bits per heavy atom. The van der Waals surface area contributed by atoms with Gasteiger partial charge in [-0.05, 0) is 25.4 Å². The normalized spacial score (nSPS) is 21.6. The zero-order chi connectivity index (χ0) is 12.3. The number of carbonyl (C=O) groups excluding carboxylic acids is 1. The number of amides is 1. The third-order valence-electron chi connectivity index (χ3n) is 2.16. The molecule has 0 aliphatic carbocycles. The zero-order valence-electron chi connectivity index (χ0n) is 8.94. The average molecular weight is 266 g/mol. The number of likely N-dealkylation sites (N-methyl/N-ethyl adjacent to an activating group) is 1. The summed E-state index contributed by atoms with van der Waals surface area (Å²) in [4.78, 5) is 20.6. The van der Waals surface area contributed by atoms with E-state index in [9.17, 15) is 4.79 Å². The number of hydrogen-bond donors (Lipinski definition) is 2. The molecule has 8 heteroatoms. The first kappa shape index (κ1) is 13.1. The van der Waals surface area contributed by atoms with E-state index in [4.69, 9.17) is 28.9 Å². The number of hydrogen-bond acceptors (Lipinski definition) is 5. The maximum atomic E-state index is 11.1. The van der Waals surface area contributed by atoms with Crippen LogP contribution in [0.3, 0.4) is 0 Å². The average Bonchev–Trinajstić information content (AvgIpc) is 2.16. The van der Waals surface area contributed by atoms with E-state index in [-0.39, 0.29) is 5.29 Å². The molecule has 2 atom stereocenters. The van der Waals surface area contributed by atoms with Crippen molar-refractivity contribution in [3.05, 3.63) is 0 Å². The summed E-state index contributed by atoms with van der Waals surface area (Å²) in [7, 11) is 0. The van der Waals surface area contributed by atoms with Crippen LogP contribution in [-0.2, 0) is 4.79 Å². The molecule has 0 saturated carbocycles. The molecule has 1 aliphatic heterocycles. The Kier molecular flexibility index (Phi) is 4.37. The van der Waals surface area contributed by atoms with E-state index in [1.54, 1.807) is 11.8 Å². The minimum Gasteiger partial charge on any atom is -0.368 e. The summed E-state index contributed by atoms with van der Waals surface area (Å²) in [5.74, 6) is -0.0510. The molecule has 1 aliphatic rings. The fourth-order valence-electron chi connectivity index (χ4n) is 1.29.